The van der Waals surface area contributed by atoms with Crippen molar-refractivity contribution in [3.8, 4) is 0 Å². The Kier molecular flexibility index (Phi) is 4.27. The van der Waals surface area contributed by atoms with Crippen molar-refractivity contribution in [1.82, 2.24) is 5.32 Å². The molecule has 19 heavy (non-hydrogen) atoms. The van der Waals surface area contributed by atoms with Crippen LogP contribution in [0.2, 0.25) is 5.02 Å². The molecule has 3 N–H and O–H groups in total. The first-order valence-corrected chi connectivity index (χ1v) is 6.59. The third-order valence-electron chi connectivity index (χ3n) is 3.29. The number of carbonyl (C=O) groups excluding carboxylic acids is 1. The fourth-order valence-corrected chi connectivity index (χ4v) is 2.32. The molecular weight excluding hydrogens is 271 g/mol. The number of aliphatic hydroxyl groups is 1. The molecule has 2 amide bonds. The third kappa shape index (κ3) is 3.81. The fraction of sp³-hybridized carbons (Fsp3) is 0.462. The highest BCUT2D eigenvalue weighted by Gasteiger charge is 2.31. The van der Waals surface area contributed by atoms with E-state index in [0.717, 1.165) is 18.9 Å². The number of halogens is 2. The van der Waals surface area contributed by atoms with E-state index in [2.05, 4.69) is 10.6 Å². The Bertz CT molecular complexity index is 476. The molecule has 0 bridgehead atoms. The number of nitrogens with one attached hydrogen (secondary N) is 2. The average Bonchev–Trinajstić information content (AvgIpc) is 2.79. The summed E-state index contributed by atoms with van der Waals surface area (Å²) in [5, 5.41) is 15.2. The highest BCUT2D eigenvalue weighted by atomic mass is 35.5. The van der Waals surface area contributed by atoms with Gasteiger partial charge in [0, 0.05) is 12.2 Å². The van der Waals surface area contributed by atoms with Crippen molar-refractivity contribution in [2.75, 3.05) is 11.9 Å². The predicted octanol–water partition coefficient (Wildman–Crippen LogP) is 2.91. The maximum absolute atomic E-state index is 13.2. The summed E-state index contributed by atoms with van der Waals surface area (Å²) in [6.45, 7) is 0.203. The second-order valence-corrected chi connectivity index (χ2v) is 5.28. The van der Waals surface area contributed by atoms with Crippen molar-refractivity contribution in [2.45, 2.75) is 31.3 Å². The summed E-state index contributed by atoms with van der Waals surface area (Å²) < 4.78 is 13.2. The predicted molar refractivity (Wildman–Crippen MR) is 71.8 cm³/mol. The second kappa shape index (κ2) is 5.75. The van der Waals surface area contributed by atoms with E-state index in [0.29, 0.717) is 18.5 Å². The van der Waals surface area contributed by atoms with Gasteiger partial charge in [0.05, 0.1) is 10.6 Å². The van der Waals surface area contributed by atoms with Crippen LogP contribution >= 0.6 is 11.6 Å². The molecule has 1 aromatic rings. The van der Waals surface area contributed by atoms with Crippen LogP contribution in [0.1, 0.15) is 25.7 Å². The first-order chi connectivity index (χ1) is 8.98. The zero-order chi connectivity index (χ0) is 13.9. The Labute approximate surface area is 116 Å². The van der Waals surface area contributed by atoms with E-state index in [4.69, 9.17) is 11.6 Å². The standard InChI is InChI=1S/C13H16ClFN2O2/c14-10-4-3-9(7-11(10)15)17-12(18)16-8-13(19)5-1-2-6-13/h3-4,7,19H,1-2,5-6,8H2,(H2,16,17,18). The van der Waals surface area contributed by atoms with Crippen LogP contribution < -0.4 is 10.6 Å². The number of amides is 2. The van der Waals surface area contributed by atoms with Gasteiger partial charge in [-0.05, 0) is 31.0 Å². The monoisotopic (exact) mass is 286 g/mol. The van der Waals surface area contributed by atoms with Crippen LogP contribution in [0.3, 0.4) is 0 Å². The Morgan fingerprint density at radius 3 is 2.74 bits per heavy atom. The molecule has 0 saturated heterocycles. The van der Waals surface area contributed by atoms with Gasteiger partial charge in [0.1, 0.15) is 5.82 Å². The van der Waals surface area contributed by atoms with E-state index < -0.39 is 17.4 Å². The zero-order valence-electron chi connectivity index (χ0n) is 10.4. The summed E-state index contributed by atoms with van der Waals surface area (Å²) in [5.74, 6) is -0.589. The first-order valence-electron chi connectivity index (χ1n) is 6.21. The van der Waals surface area contributed by atoms with Gasteiger partial charge in [0.2, 0.25) is 0 Å². The second-order valence-electron chi connectivity index (χ2n) is 4.87. The highest BCUT2D eigenvalue weighted by molar-refractivity contribution is 6.30. The topological polar surface area (TPSA) is 61.4 Å². The number of urea groups is 1. The van der Waals surface area contributed by atoms with Crippen LogP contribution in [-0.2, 0) is 0 Å². The highest BCUT2D eigenvalue weighted by Crippen LogP contribution is 2.28. The largest absolute Gasteiger partial charge is 0.388 e. The lowest BCUT2D eigenvalue weighted by Crippen LogP contribution is -2.42. The van der Waals surface area contributed by atoms with Crippen LogP contribution in [0.25, 0.3) is 0 Å². The molecule has 104 valence electrons. The quantitative estimate of drug-likeness (QED) is 0.800. The maximum atomic E-state index is 13.2. The number of carbonyl (C=O) groups is 1. The van der Waals surface area contributed by atoms with Crippen molar-refractivity contribution >= 4 is 23.3 Å². The molecule has 2 rings (SSSR count). The Balaban J connectivity index is 1.85. The van der Waals surface area contributed by atoms with E-state index in [-0.39, 0.29) is 11.6 Å². The molecular formula is C13H16ClFN2O2. The van der Waals surface area contributed by atoms with Gasteiger partial charge in [-0.25, -0.2) is 9.18 Å². The molecule has 1 saturated carbocycles. The summed E-state index contributed by atoms with van der Waals surface area (Å²) in [5.41, 5.74) is -0.486. The van der Waals surface area contributed by atoms with Gasteiger partial charge in [-0.1, -0.05) is 24.4 Å². The minimum atomic E-state index is -0.803. The summed E-state index contributed by atoms with van der Waals surface area (Å²) in [6.07, 6.45) is 3.34. The van der Waals surface area contributed by atoms with Gasteiger partial charge < -0.3 is 15.7 Å². The van der Waals surface area contributed by atoms with Crippen LogP contribution in [0.5, 0.6) is 0 Å². The number of rotatable bonds is 3. The van der Waals surface area contributed by atoms with E-state index >= 15 is 0 Å². The minimum Gasteiger partial charge on any atom is -0.388 e. The Morgan fingerprint density at radius 2 is 2.11 bits per heavy atom. The van der Waals surface area contributed by atoms with Gasteiger partial charge >= 0.3 is 6.03 Å². The van der Waals surface area contributed by atoms with Gasteiger partial charge in [-0.15, -0.1) is 0 Å². The van der Waals surface area contributed by atoms with Gasteiger partial charge in [0.25, 0.3) is 0 Å². The molecule has 0 radical (unpaired) electrons. The number of hydrogen-bond donors (Lipinski definition) is 3. The molecule has 4 nitrogen and oxygen atoms in total. The van der Waals surface area contributed by atoms with E-state index in [1.165, 1.54) is 12.1 Å². The maximum Gasteiger partial charge on any atom is 0.319 e. The first kappa shape index (κ1) is 14.1. The molecule has 6 heteroatoms. The molecule has 0 aliphatic heterocycles. The Morgan fingerprint density at radius 1 is 1.42 bits per heavy atom. The van der Waals surface area contributed by atoms with E-state index in [9.17, 15) is 14.3 Å². The Hall–Kier alpha value is -1.33. The average molecular weight is 287 g/mol. The summed E-state index contributed by atoms with van der Waals surface area (Å²) in [6, 6.07) is 3.56. The summed E-state index contributed by atoms with van der Waals surface area (Å²) in [7, 11) is 0. The molecule has 0 atom stereocenters. The van der Waals surface area contributed by atoms with Gasteiger partial charge in [-0.2, -0.15) is 0 Å². The van der Waals surface area contributed by atoms with E-state index in [1.54, 1.807) is 0 Å². The molecule has 0 aromatic heterocycles. The number of benzene rings is 1. The lowest BCUT2D eigenvalue weighted by Gasteiger charge is -2.22. The molecule has 0 spiro atoms. The van der Waals surface area contributed by atoms with Gasteiger partial charge in [-0.3, -0.25) is 0 Å². The number of anilines is 1. The molecule has 1 aliphatic carbocycles. The van der Waals surface area contributed by atoms with Crippen molar-refractivity contribution in [2.24, 2.45) is 0 Å². The molecule has 1 aromatic carbocycles. The van der Waals surface area contributed by atoms with Crippen molar-refractivity contribution < 1.29 is 14.3 Å². The summed E-state index contributed by atoms with van der Waals surface area (Å²) in [4.78, 5) is 11.6. The van der Waals surface area contributed by atoms with Crippen LogP contribution in [-0.4, -0.2) is 23.3 Å². The third-order valence-corrected chi connectivity index (χ3v) is 3.60. The van der Waals surface area contributed by atoms with Crippen LogP contribution in [0.4, 0.5) is 14.9 Å². The molecule has 1 fully saturated rings. The molecule has 1 aliphatic rings. The van der Waals surface area contributed by atoms with Crippen molar-refractivity contribution in [3.05, 3.63) is 29.0 Å². The van der Waals surface area contributed by atoms with E-state index in [1.807, 2.05) is 0 Å². The minimum absolute atomic E-state index is 0.00576. The number of hydrogen-bond acceptors (Lipinski definition) is 2. The van der Waals surface area contributed by atoms with Gasteiger partial charge in [0.15, 0.2) is 0 Å². The smallest absolute Gasteiger partial charge is 0.319 e. The lowest BCUT2D eigenvalue weighted by atomic mass is 10.0. The normalized spacial score (nSPS) is 17.2. The van der Waals surface area contributed by atoms with Crippen molar-refractivity contribution in [1.29, 1.82) is 0 Å². The molecule has 0 unspecified atom stereocenters. The summed E-state index contributed by atoms with van der Waals surface area (Å²) >= 11 is 5.55. The zero-order valence-corrected chi connectivity index (χ0v) is 11.1. The van der Waals surface area contributed by atoms with Crippen LogP contribution in [0.15, 0.2) is 18.2 Å². The molecule has 0 heterocycles. The fourth-order valence-electron chi connectivity index (χ4n) is 2.20. The SMILES string of the molecule is O=C(NCC1(O)CCCC1)Nc1ccc(Cl)c(F)c1. The van der Waals surface area contributed by atoms with Crippen LogP contribution in [0, 0.1) is 5.82 Å². The van der Waals surface area contributed by atoms with Crippen molar-refractivity contribution in [3.63, 3.8) is 0 Å². The lowest BCUT2D eigenvalue weighted by molar-refractivity contribution is 0.0506.